The average molecular weight is 307 g/mol. The normalized spacial score (nSPS) is 17.3. The second kappa shape index (κ2) is 6.37. The molecular weight excluding hydrogens is 290 g/mol. The second-order valence-electron chi connectivity index (χ2n) is 4.73. The largest absolute Gasteiger partial charge is 0.468 e. The van der Waals surface area contributed by atoms with Crippen LogP contribution >= 0.6 is 12.4 Å². The summed E-state index contributed by atoms with van der Waals surface area (Å²) in [6.45, 7) is 0.993. The van der Waals surface area contributed by atoms with Crippen LogP contribution in [0.1, 0.15) is 12.8 Å². The molecule has 20 heavy (non-hydrogen) atoms. The van der Waals surface area contributed by atoms with Gasteiger partial charge in [-0.3, -0.25) is 4.79 Å². The first-order valence-electron chi connectivity index (χ1n) is 6.03. The number of halogens is 3. The molecule has 1 aliphatic rings. The summed E-state index contributed by atoms with van der Waals surface area (Å²) < 4.78 is 30.7. The lowest BCUT2D eigenvalue weighted by atomic mass is 9.88. The average Bonchev–Trinajstić information content (AvgIpc) is 2.42. The number of carbonyl (C=O) groups excluding carboxylic acids is 1. The van der Waals surface area contributed by atoms with Gasteiger partial charge >= 0.3 is 5.97 Å². The molecular formula is C13H17ClF2N2O2. The number of nitrogens with two attached hydrogens (primary N) is 1. The highest BCUT2D eigenvalue weighted by Crippen LogP contribution is 2.26. The molecule has 0 aliphatic carbocycles. The minimum absolute atomic E-state index is 0. The van der Waals surface area contributed by atoms with Gasteiger partial charge in [-0.2, -0.15) is 0 Å². The number of benzene rings is 1. The van der Waals surface area contributed by atoms with Gasteiger partial charge in [0.1, 0.15) is 5.54 Å². The van der Waals surface area contributed by atoms with E-state index in [0.717, 1.165) is 12.1 Å². The summed E-state index contributed by atoms with van der Waals surface area (Å²) in [6, 6.07) is 3.76. The van der Waals surface area contributed by atoms with Gasteiger partial charge in [0.2, 0.25) is 0 Å². The van der Waals surface area contributed by atoms with E-state index in [4.69, 9.17) is 5.73 Å². The van der Waals surface area contributed by atoms with Crippen molar-refractivity contribution in [3.63, 3.8) is 0 Å². The van der Waals surface area contributed by atoms with E-state index in [2.05, 4.69) is 4.74 Å². The van der Waals surface area contributed by atoms with Crippen molar-refractivity contribution >= 4 is 24.1 Å². The van der Waals surface area contributed by atoms with Crippen molar-refractivity contribution < 1.29 is 18.3 Å². The van der Waals surface area contributed by atoms with Crippen LogP contribution in [0, 0.1) is 11.6 Å². The van der Waals surface area contributed by atoms with Gasteiger partial charge in [0.05, 0.1) is 7.11 Å². The summed E-state index contributed by atoms with van der Waals surface area (Å²) >= 11 is 0. The number of hydrogen-bond donors (Lipinski definition) is 1. The fraction of sp³-hybridized carbons (Fsp3) is 0.462. The Morgan fingerprint density at radius 2 is 1.90 bits per heavy atom. The first kappa shape index (κ1) is 16.7. The van der Waals surface area contributed by atoms with Crippen molar-refractivity contribution in [3.8, 4) is 0 Å². The molecule has 0 radical (unpaired) electrons. The third-order valence-electron chi connectivity index (χ3n) is 3.52. The van der Waals surface area contributed by atoms with Gasteiger partial charge in [-0.05, 0) is 25.0 Å². The number of nitrogens with zero attached hydrogens (tertiary/aromatic N) is 1. The molecule has 1 aromatic carbocycles. The Bertz CT molecular complexity index is 491. The van der Waals surface area contributed by atoms with Crippen LogP contribution < -0.4 is 10.6 Å². The molecule has 2 N–H and O–H groups in total. The number of carbonyl (C=O) groups is 1. The van der Waals surface area contributed by atoms with Crippen LogP contribution in [0.25, 0.3) is 0 Å². The quantitative estimate of drug-likeness (QED) is 0.847. The SMILES string of the molecule is COC(=O)C1(N)CCN(c2ccc(F)c(F)c2)CC1.Cl. The number of rotatable bonds is 2. The summed E-state index contributed by atoms with van der Waals surface area (Å²) in [5.74, 6) is -2.18. The maximum absolute atomic E-state index is 13.2. The molecule has 112 valence electrons. The topological polar surface area (TPSA) is 55.6 Å². The van der Waals surface area contributed by atoms with E-state index >= 15 is 0 Å². The molecule has 1 heterocycles. The lowest BCUT2D eigenvalue weighted by Gasteiger charge is -2.38. The van der Waals surface area contributed by atoms with E-state index in [-0.39, 0.29) is 12.4 Å². The Hall–Kier alpha value is -1.40. The Balaban J connectivity index is 0.00000200. The molecule has 0 atom stereocenters. The lowest BCUT2D eigenvalue weighted by Crippen LogP contribution is -2.56. The van der Waals surface area contributed by atoms with Crippen LogP contribution in [0.5, 0.6) is 0 Å². The number of methoxy groups -OCH3 is 1. The van der Waals surface area contributed by atoms with E-state index < -0.39 is 23.1 Å². The number of hydrogen-bond acceptors (Lipinski definition) is 4. The van der Waals surface area contributed by atoms with Crippen molar-refractivity contribution in [2.45, 2.75) is 18.4 Å². The summed E-state index contributed by atoms with van der Waals surface area (Å²) in [5, 5.41) is 0. The van der Waals surface area contributed by atoms with Gasteiger partial charge in [-0.25, -0.2) is 8.78 Å². The number of ether oxygens (including phenoxy) is 1. The standard InChI is InChI=1S/C13H16F2N2O2.ClH/c1-19-12(18)13(16)4-6-17(7-5-13)9-2-3-10(14)11(15)8-9;/h2-3,8H,4-7,16H2,1H3;1H. The predicted octanol–water partition coefficient (Wildman–Crippen LogP) is 1.86. The first-order valence-corrected chi connectivity index (χ1v) is 6.03. The van der Waals surface area contributed by atoms with Gasteiger partial charge in [0, 0.05) is 24.8 Å². The van der Waals surface area contributed by atoms with Crippen molar-refractivity contribution in [1.82, 2.24) is 0 Å². The summed E-state index contributed by atoms with van der Waals surface area (Å²) in [6.07, 6.45) is 0.831. The highest BCUT2D eigenvalue weighted by atomic mass is 35.5. The van der Waals surface area contributed by atoms with Gasteiger partial charge in [-0.1, -0.05) is 0 Å². The lowest BCUT2D eigenvalue weighted by molar-refractivity contribution is -0.147. The zero-order chi connectivity index (χ0) is 14.0. The Kier molecular flexibility index (Phi) is 5.30. The van der Waals surface area contributed by atoms with Gasteiger partial charge in [0.25, 0.3) is 0 Å². The Morgan fingerprint density at radius 1 is 1.30 bits per heavy atom. The fourth-order valence-corrected chi connectivity index (χ4v) is 2.25. The van der Waals surface area contributed by atoms with E-state index in [1.807, 2.05) is 4.90 Å². The molecule has 0 saturated carbocycles. The third kappa shape index (κ3) is 3.19. The zero-order valence-electron chi connectivity index (χ0n) is 11.1. The maximum atomic E-state index is 13.2. The van der Waals surface area contributed by atoms with Crippen molar-refractivity contribution in [2.75, 3.05) is 25.1 Å². The molecule has 4 nitrogen and oxygen atoms in total. The number of esters is 1. The Labute approximate surface area is 122 Å². The van der Waals surface area contributed by atoms with Crippen molar-refractivity contribution in [2.24, 2.45) is 5.73 Å². The summed E-state index contributed by atoms with van der Waals surface area (Å²) in [7, 11) is 1.30. The molecule has 0 unspecified atom stereocenters. The molecule has 1 aliphatic heterocycles. The minimum atomic E-state index is -0.982. The molecule has 2 rings (SSSR count). The summed E-state index contributed by atoms with van der Waals surface area (Å²) in [4.78, 5) is 13.4. The van der Waals surface area contributed by atoms with Crippen molar-refractivity contribution in [3.05, 3.63) is 29.8 Å². The molecule has 0 bridgehead atoms. The van der Waals surface area contributed by atoms with Crippen LogP contribution in [0.15, 0.2) is 18.2 Å². The number of anilines is 1. The Morgan fingerprint density at radius 3 is 2.40 bits per heavy atom. The second-order valence-corrected chi connectivity index (χ2v) is 4.73. The fourth-order valence-electron chi connectivity index (χ4n) is 2.25. The van der Waals surface area contributed by atoms with E-state index in [9.17, 15) is 13.6 Å². The minimum Gasteiger partial charge on any atom is -0.468 e. The monoisotopic (exact) mass is 306 g/mol. The maximum Gasteiger partial charge on any atom is 0.325 e. The molecule has 7 heteroatoms. The highest BCUT2D eigenvalue weighted by Gasteiger charge is 2.38. The van der Waals surface area contributed by atoms with E-state index in [1.165, 1.54) is 13.2 Å². The molecule has 0 amide bonds. The van der Waals surface area contributed by atoms with Crippen LogP contribution in [0.4, 0.5) is 14.5 Å². The van der Waals surface area contributed by atoms with Crippen LogP contribution in [0.3, 0.4) is 0 Å². The van der Waals surface area contributed by atoms with Gasteiger partial charge in [0.15, 0.2) is 11.6 Å². The molecule has 0 spiro atoms. The third-order valence-corrected chi connectivity index (χ3v) is 3.52. The van der Waals surface area contributed by atoms with E-state index in [0.29, 0.717) is 31.6 Å². The molecule has 1 fully saturated rings. The van der Waals surface area contributed by atoms with Crippen molar-refractivity contribution in [1.29, 1.82) is 0 Å². The number of piperidine rings is 1. The molecule has 1 saturated heterocycles. The van der Waals surface area contributed by atoms with Gasteiger partial charge < -0.3 is 15.4 Å². The van der Waals surface area contributed by atoms with Crippen LogP contribution in [-0.2, 0) is 9.53 Å². The predicted molar refractivity (Wildman–Crippen MR) is 74.0 cm³/mol. The summed E-state index contributed by atoms with van der Waals surface area (Å²) in [5.41, 5.74) is 5.58. The zero-order valence-corrected chi connectivity index (χ0v) is 11.9. The van der Waals surface area contributed by atoms with Crippen LogP contribution in [-0.4, -0.2) is 31.7 Å². The van der Waals surface area contributed by atoms with Crippen LogP contribution in [0.2, 0.25) is 0 Å². The first-order chi connectivity index (χ1) is 8.96. The molecule has 1 aromatic rings. The highest BCUT2D eigenvalue weighted by molar-refractivity contribution is 5.85. The van der Waals surface area contributed by atoms with Gasteiger partial charge in [-0.15, -0.1) is 12.4 Å². The molecule has 0 aromatic heterocycles. The van der Waals surface area contributed by atoms with E-state index in [1.54, 1.807) is 0 Å². The smallest absolute Gasteiger partial charge is 0.325 e.